The molecule has 1 unspecified atom stereocenters. The summed E-state index contributed by atoms with van der Waals surface area (Å²) in [5.74, 6) is 0.765. The summed E-state index contributed by atoms with van der Waals surface area (Å²) in [6.45, 7) is 2.63. The minimum absolute atomic E-state index is 0.130. The smallest absolute Gasteiger partial charge is 0.311 e. The molecule has 1 aromatic heterocycles. The van der Waals surface area contributed by atoms with Crippen molar-refractivity contribution in [1.29, 1.82) is 0 Å². The molecule has 0 amide bonds. The summed E-state index contributed by atoms with van der Waals surface area (Å²) < 4.78 is 13.8. The number of pyridine rings is 1. The molecule has 0 saturated carbocycles. The lowest BCUT2D eigenvalue weighted by molar-refractivity contribution is -0.384. The Morgan fingerprint density at radius 2 is 1.93 bits per heavy atom. The van der Waals surface area contributed by atoms with Crippen LogP contribution in [0.25, 0.3) is 0 Å². The molecule has 1 atom stereocenters. The van der Waals surface area contributed by atoms with Crippen molar-refractivity contribution in [3.05, 3.63) is 46.5 Å². The van der Waals surface area contributed by atoms with E-state index in [2.05, 4.69) is 15.6 Å². The van der Waals surface area contributed by atoms with Crippen molar-refractivity contribution in [2.24, 2.45) is 0 Å². The van der Waals surface area contributed by atoms with Crippen LogP contribution in [-0.2, 0) is 0 Å². The molecular weight excluding hydrogens is 391 g/mol. The maximum atomic E-state index is 13.8. The molecule has 2 fully saturated rings. The number of benzene rings is 1. The maximum absolute atomic E-state index is 13.8. The number of piperidine rings is 1. The molecule has 2 aliphatic heterocycles. The molecule has 4 rings (SSSR count). The molecule has 0 aliphatic carbocycles. The fraction of sp³-hybridized carbons (Fsp3) is 0.450. The molecule has 3 N–H and O–H groups in total. The van der Waals surface area contributed by atoms with Crippen LogP contribution in [-0.4, -0.2) is 60.1 Å². The van der Waals surface area contributed by atoms with E-state index < -0.39 is 11.2 Å². The number of para-hydroxylation sites is 2. The Kier molecular flexibility index (Phi) is 5.96. The lowest BCUT2D eigenvalue weighted by Gasteiger charge is -2.33. The summed E-state index contributed by atoms with van der Waals surface area (Å²) in [6.07, 6.45) is -0.172. The first-order valence-corrected chi connectivity index (χ1v) is 10.1. The molecule has 2 aromatic rings. The molecule has 0 radical (unpaired) electrons. The van der Waals surface area contributed by atoms with Gasteiger partial charge in [-0.3, -0.25) is 15.4 Å². The predicted molar refractivity (Wildman–Crippen MR) is 113 cm³/mol. The lowest BCUT2D eigenvalue weighted by Crippen LogP contribution is -2.48. The fourth-order valence-electron chi connectivity index (χ4n) is 3.86. The maximum Gasteiger partial charge on any atom is 0.311 e. The molecule has 10 heteroatoms. The average molecular weight is 416 g/mol. The van der Waals surface area contributed by atoms with Crippen LogP contribution in [0, 0.1) is 10.1 Å². The van der Waals surface area contributed by atoms with Gasteiger partial charge in [-0.2, -0.15) is 0 Å². The summed E-state index contributed by atoms with van der Waals surface area (Å²) in [7, 11) is 0. The van der Waals surface area contributed by atoms with Crippen LogP contribution in [0.15, 0.2) is 36.4 Å². The second kappa shape index (κ2) is 8.80. The van der Waals surface area contributed by atoms with Crippen LogP contribution in [0.4, 0.5) is 33.1 Å². The highest BCUT2D eigenvalue weighted by Gasteiger charge is 2.24. The number of halogens is 1. The number of nitrogens with one attached hydrogen (secondary N) is 2. The van der Waals surface area contributed by atoms with Gasteiger partial charge in [0.1, 0.15) is 5.82 Å². The number of hydrogen-bond acceptors (Lipinski definition) is 8. The first kappa shape index (κ1) is 20.3. The molecule has 3 heterocycles. The number of anilines is 4. The number of aliphatic hydroxyl groups is 1. The quantitative estimate of drug-likeness (QED) is 0.388. The monoisotopic (exact) mass is 416 g/mol. The van der Waals surface area contributed by atoms with Gasteiger partial charge < -0.3 is 20.2 Å². The number of aliphatic hydroxyl groups excluding tert-OH is 1. The third-order valence-electron chi connectivity index (χ3n) is 5.47. The first-order valence-electron chi connectivity index (χ1n) is 10.1. The van der Waals surface area contributed by atoms with Gasteiger partial charge in [0, 0.05) is 32.2 Å². The molecule has 0 spiro atoms. The van der Waals surface area contributed by atoms with Gasteiger partial charge in [0.25, 0.3) is 0 Å². The van der Waals surface area contributed by atoms with Crippen LogP contribution in [0.2, 0.25) is 0 Å². The minimum atomic E-state index is -1.13. The van der Waals surface area contributed by atoms with Gasteiger partial charge in [-0.25, -0.2) is 9.37 Å². The topological polar surface area (TPSA) is 107 Å². The number of aromatic nitrogens is 1. The third kappa shape index (κ3) is 4.44. The number of hydrogen-bond donors (Lipinski definition) is 3. The average Bonchev–Trinajstić information content (AvgIpc) is 2.74. The van der Waals surface area contributed by atoms with Gasteiger partial charge in [-0.1, -0.05) is 12.1 Å². The Bertz CT molecular complexity index is 906. The second-order valence-electron chi connectivity index (χ2n) is 7.52. The fourth-order valence-corrected chi connectivity index (χ4v) is 3.86. The van der Waals surface area contributed by atoms with Crippen molar-refractivity contribution in [3.63, 3.8) is 0 Å². The van der Waals surface area contributed by atoms with Crippen molar-refractivity contribution < 1.29 is 14.4 Å². The zero-order chi connectivity index (χ0) is 21.1. The molecule has 160 valence electrons. The van der Waals surface area contributed by atoms with Gasteiger partial charge in [0.15, 0.2) is 6.30 Å². The van der Waals surface area contributed by atoms with Crippen LogP contribution >= 0.6 is 0 Å². The summed E-state index contributed by atoms with van der Waals surface area (Å²) >= 11 is 0. The summed E-state index contributed by atoms with van der Waals surface area (Å²) in [5, 5.41) is 27.2. The van der Waals surface area contributed by atoms with Gasteiger partial charge in [-0.05, 0) is 31.0 Å². The predicted octanol–water partition coefficient (Wildman–Crippen LogP) is 2.40. The van der Waals surface area contributed by atoms with E-state index in [1.54, 1.807) is 12.1 Å². The van der Waals surface area contributed by atoms with Crippen molar-refractivity contribution in [2.45, 2.75) is 25.2 Å². The Morgan fingerprint density at radius 1 is 1.17 bits per heavy atom. The van der Waals surface area contributed by atoms with E-state index in [9.17, 15) is 19.6 Å². The van der Waals surface area contributed by atoms with Crippen LogP contribution in [0.1, 0.15) is 12.8 Å². The van der Waals surface area contributed by atoms with Crippen LogP contribution in [0.3, 0.4) is 0 Å². The first-order chi connectivity index (χ1) is 14.5. The Morgan fingerprint density at radius 3 is 2.67 bits per heavy atom. The summed E-state index contributed by atoms with van der Waals surface area (Å²) in [6, 6.07) is 10.4. The SMILES string of the molecule is O=[N+]([O-])c1ccc(N2CCC(O)CC2)nc1Nc1ccccc1N1CCNC(F)C1. The number of nitrogens with zero attached hydrogens (tertiary/aromatic N) is 4. The van der Waals surface area contributed by atoms with E-state index in [0.717, 1.165) is 5.69 Å². The standard InChI is InChI=1S/C20H25FN6O3/c21-18-13-26(12-9-22-18)16-4-2-1-3-15(16)23-20-17(27(29)30)5-6-19(24-20)25-10-7-14(28)8-11-25/h1-6,14,18,22,28H,7-13H2,(H,23,24). The van der Waals surface area contributed by atoms with E-state index in [1.165, 1.54) is 6.07 Å². The van der Waals surface area contributed by atoms with E-state index in [0.29, 0.717) is 50.5 Å². The highest BCUT2D eigenvalue weighted by molar-refractivity contribution is 5.78. The molecule has 2 saturated heterocycles. The molecule has 0 bridgehead atoms. The number of piperazine rings is 1. The van der Waals surface area contributed by atoms with Crippen LogP contribution < -0.4 is 20.4 Å². The van der Waals surface area contributed by atoms with Gasteiger partial charge in [-0.15, -0.1) is 0 Å². The minimum Gasteiger partial charge on any atom is -0.393 e. The normalized spacial score (nSPS) is 20.3. The largest absolute Gasteiger partial charge is 0.393 e. The van der Waals surface area contributed by atoms with E-state index in [-0.39, 0.29) is 24.2 Å². The second-order valence-corrected chi connectivity index (χ2v) is 7.52. The van der Waals surface area contributed by atoms with Crippen molar-refractivity contribution in [1.82, 2.24) is 10.3 Å². The van der Waals surface area contributed by atoms with E-state index in [4.69, 9.17) is 0 Å². The Labute approximate surface area is 173 Å². The lowest BCUT2D eigenvalue weighted by atomic mass is 10.1. The summed E-state index contributed by atoms with van der Waals surface area (Å²) in [4.78, 5) is 19.6. The van der Waals surface area contributed by atoms with Crippen molar-refractivity contribution in [3.8, 4) is 0 Å². The highest BCUT2D eigenvalue weighted by Crippen LogP contribution is 2.34. The van der Waals surface area contributed by atoms with E-state index >= 15 is 0 Å². The van der Waals surface area contributed by atoms with Gasteiger partial charge in [0.2, 0.25) is 5.82 Å². The number of nitro groups is 1. The van der Waals surface area contributed by atoms with E-state index in [1.807, 2.05) is 28.0 Å². The zero-order valence-corrected chi connectivity index (χ0v) is 16.5. The summed E-state index contributed by atoms with van der Waals surface area (Å²) in [5.41, 5.74) is 1.27. The van der Waals surface area contributed by atoms with Gasteiger partial charge >= 0.3 is 5.69 Å². The molecule has 2 aliphatic rings. The van der Waals surface area contributed by atoms with Crippen LogP contribution in [0.5, 0.6) is 0 Å². The molecule has 9 nitrogen and oxygen atoms in total. The molecule has 1 aromatic carbocycles. The van der Waals surface area contributed by atoms with Gasteiger partial charge in [0.05, 0.1) is 28.9 Å². The number of rotatable bonds is 5. The zero-order valence-electron chi connectivity index (χ0n) is 16.5. The number of alkyl halides is 1. The molecular formula is C20H25FN6O3. The van der Waals surface area contributed by atoms with Crippen molar-refractivity contribution >= 4 is 28.7 Å². The Hall–Kier alpha value is -2.98. The Balaban J connectivity index is 1.64. The third-order valence-corrected chi connectivity index (χ3v) is 5.47. The van der Waals surface area contributed by atoms with Crippen molar-refractivity contribution in [2.75, 3.05) is 47.8 Å². The molecule has 30 heavy (non-hydrogen) atoms. The highest BCUT2D eigenvalue weighted by atomic mass is 19.1.